The van der Waals surface area contributed by atoms with Crippen LogP contribution < -0.4 is 16.2 Å². The number of nitrogens with zero attached hydrogens (tertiary/aromatic N) is 2. The zero-order valence-electron chi connectivity index (χ0n) is 12.8. The number of hydrogen-bond acceptors (Lipinski definition) is 7. The Morgan fingerprint density at radius 3 is 2.61 bits per heavy atom. The first-order chi connectivity index (χ1) is 10.3. The molecule has 1 aromatic carbocycles. The van der Waals surface area contributed by atoms with Gasteiger partial charge in [0, 0.05) is 47.7 Å². The Kier molecular flexibility index (Phi) is 6.51. The molecule has 0 aliphatic carbocycles. The van der Waals surface area contributed by atoms with Gasteiger partial charge in [0.2, 0.25) is 11.9 Å². The van der Waals surface area contributed by atoms with Gasteiger partial charge in [-0.05, 0) is 17.7 Å². The number of anilines is 2. The number of benzene rings is 1. The first kappa shape index (κ1) is 19.4. The maximum absolute atomic E-state index is 12.1. The fourth-order valence-electron chi connectivity index (χ4n) is 1.74. The number of carbonyl (C=O) groups excluding carboxylic acids is 1. The zero-order valence-corrected chi connectivity index (χ0v) is 15.6. The molecule has 0 fully saturated rings. The molecule has 8 nitrogen and oxygen atoms in total. The molecule has 117 valence electrons. The van der Waals surface area contributed by atoms with Crippen molar-refractivity contribution in [2.45, 2.75) is 18.2 Å². The van der Waals surface area contributed by atoms with Crippen molar-refractivity contribution in [3.63, 3.8) is 0 Å². The van der Waals surface area contributed by atoms with E-state index in [1.165, 1.54) is 24.4 Å². The van der Waals surface area contributed by atoms with Crippen molar-refractivity contribution in [1.29, 1.82) is 0 Å². The number of nitrogens with one attached hydrogen (secondary N) is 1. The fourth-order valence-corrected chi connectivity index (χ4v) is 2.85. The Hall–Kier alpha value is -1.68. The number of sulfonamides is 1. The van der Waals surface area contributed by atoms with E-state index in [-0.39, 0.29) is 52.6 Å². The molecule has 23 heavy (non-hydrogen) atoms. The van der Waals surface area contributed by atoms with Crippen LogP contribution in [0.1, 0.15) is 13.3 Å². The molecule has 1 radical (unpaired) electrons. The second-order valence-electron chi connectivity index (χ2n) is 4.44. The third-order valence-electron chi connectivity index (χ3n) is 2.86. The minimum Gasteiger partial charge on any atom is -0.383 e. The van der Waals surface area contributed by atoms with Crippen LogP contribution in [-0.4, -0.2) is 53.9 Å². The van der Waals surface area contributed by atoms with Crippen LogP contribution in [0.4, 0.5) is 11.8 Å². The number of nitrogen functional groups attached to an aromatic ring is 2. The van der Waals surface area contributed by atoms with Crippen LogP contribution in [-0.2, 0) is 14.8 Å². The van der Waals surface area contributed by atoms with E-state index in [4.69, 9.17) is 11.5 Å². The van der Waals surface area contributed by atoms with Gasteiger partial charge < -0.3 is 11.5 Å². The van der Waals surface area contributed by atoms with Gasteiger partial charge in [-0.2, -0.15) is 4.98 Å². The Labute approximate surface area is 156 Å². The third-order valence-corrected chi connectivity index (χ3v) is 4.23. The largest absolute Gasteiger partial charge is 0.383 e. The van der Waals surface area contributed by atoms with Crippen molar-refractivity contribution in [3.8, 4) is 11.1 Å². The predicted octanol–water partition coefficient (Wildman–Crippen LogP) is 0.142. The van der Waals surface area contributed by atoms with Crippen molar-refractivity contribution in [1.82, 2.24) is 14.7 Å². The molecule has 1 heterocycles. The first-order valence-corrected chi connectivity index (χ1v) is 7.86. The Morgan fingerprint density at radius 2 is 2.00 bits per heavy atom. The van der Waals surface area contributed by atoms with Gasteiger partial charge in [0.15, 0.2) is 0 Å². The summed E-state index contributed by atoms with van der Waals surface area (Å²) in [6, 6.07) is 5.96. The molecule has 0 aliphatic rings. The van der Waals surface area contributed by atoms with E-state index < -0.39 is 15.9 Å². The molecular weight excluding hydrogens is 329 g/mol. The van der Waals surface area contributed by atoms with E-state index in [9.17, 15) is 13.2 Å². The van der Waals surface area contributed by atoms with E-state index >= 15 is 0 Å². The molecule has 1 aromatic heterocycles. The summed E-state index contributed by atoms with van der Waals surface area (Å²) in [4.78, 5) is 18.9. The van der Waals surface area contributed by atoms with Crippen LogP contribution in [0.2, 0.25) is 0 Å². The molecule has 2 aromatic rings. The maximum Gasteiger partial charge on any atom is 0.264 e. The third kappa shape index (κ3) is 4.64. The van der Waals surface area contributed by atoms with Gasteiger partial charge in [0.1, 0.15) is 5.82 Å². The molecule has 0 saturated heterocycles. The quantitative estimate of drug-likeness (QED) is 0.670. The molecule has 10 heteroatoms. The van der Waals surface area contributed by atoms with Gasteiger partial charge in [-0.3, -0.25) is 4.79 Å². The molecule has 0 saturated carbocycles. The molecular formula is C13H15N5NaO3S. The van der Waals surface area contributed by atoms with Crippen LogP contribution in [0.5, 0.6) is 0 Å². The number of rotatable bonds is 4. The molecule has 0 spiro atoms. The summed E-state index contributed by atoms with van der Waals surface area (Å²) in [6.45, 7) is 1.56. The summed E-state index contributed by atoms with van der Waals surface area (Å²) >= 11 is 0. The van der Waals surface area contributed by atoms with Crippen molar-refractivity contribution < 1.29 is 13.2 Å². The number of aromatic nitrogens is 2. The Balaban J connectivity index is 0.00000264. The van der Waals surface area contributed by atoms with Gasteiger partial charge >= 0.3 is 0 Å². The van der Waals surface area contributed by atoms with E-state index in [0.717, 1.165) is 0 Å². The number of hydrogen-bond donors (Lipinski definition) is 3. The van der Waals surface area contributed by atoms with E-state index in [1.54, 1.807) is 13.0 Å². The van der Waals surface area contributed by atoms with Crippen LogP contribution >= 0.6 is 0 Å². The number of nitrogens with two attached hydrogens (primary N) is 2. The summed E-state index contributed by atoms with van der Waals surface area (Å²) < 4.78 is 26.2. The molecule has 0 aliphatic heterocycles. The second-order valence-corrected chi connectivity index (χ2v) is 6.12. The molecule has 2 rings (SSSR count). The van der Waals surface area contributed by atoms with E-state index in [1.807, 2.05) is 4.72 Å². The first-order valence-electron chi connectivity index (χ1n) is 6.37. The van der Waals surface area contributed by atoms with E-state index in [0.29, 0.717) is 11.1 Å². The summed E-state index contributed by atoms with van der Waals surface area (Å²) in [5, 5.41) is 0. The van der Waals surface area contributed by atoms with Crippen molar-refractivity contribution in [3.05, 3.63) is 30.5 Å². The summed E-state index contributed by atoms with van der Waals surface area (Å²) in [5.41, 5.74) is 12.1. The number of carbonyl (C=O) groups is 1. The van der Waals surface area contributed by atoms with Crippen molar-refractivity contribution in [2.24, 2.45) is 0 Å². The average molecular weight is 344 g/mol. The molecule has 1 amide bonds. The molecule has 0 atom stereocenters. The monoisotopic (exact) mass is 344 g/mol. The SMILES string of the molecule is CCC(=O)NS(=O)(=O)c1cccc(-c2cnc(N)nc2N)c1.[Na]. The fraction of sp³-hybridized carbons (Fsp3) is 0.154. The van der Waals surface area contributed by atoms with Gasteiger partial charge in [0.25, 0.3) is 10.0 Å². The number of amides is 1. The van der Waals surface area contributed by atoms with Crippen LogP contribution in [0.15, 0.2) is 35.4 Å². The van der Waals surface area contributed by atoms with E-state index in [2.05, 4.69) is 9.97 Å². The standard InChI is InChI=1S/C13H15N5O3S.Na/c1-2-11(19)18-22(20,21)9-5-3-4-8(6-9)10-7-16-13(15)17-12(10)14;/h3-7H,2H2,1H3,(H,18,19)(H4,14,15,16,17);. The maximum atomic E-state index is 12.1. The summed E-state index contributed by atoms with van der Waals surface area (Å²) in [5.74, 6) is -0.416. The van der Waals surface area contributed by atoms with Gasteiger partial charge in [-0.15, -0.1) is 0 Å². The molecule has 5 N–H and O–H groups in total. The average Bonchev–Trinajstić information content (AvgIpc) is 2.47. The smallest absolute Gasteiger partial charge is 0.264 e. The summed E-state index contributed by atoms with van der Waals surface area (Å²) in [6.07, 6.45) is 1.48. The zero-order chi connectivity index (χ0) is 16.3. The van der Waals surface area contributed by atoms with Gasteiger partial charge in [0.05, 0.1) is 4.90 Å². The minimum atomic E-state index is -3.93. The van der Waals surface area contributed by atoms with Gasteiger partial charge in [-0.1, -0.05) is 19.1 Å². The molecule has 0 bridgehead atoms. The second kappa shape index (κ2) is 7.73. The van der Waals surface area contributed by atoms with Crippen LogP contribution in [0, 0.1) is 0 Å². The molecule has 0 unspecified atom stereocenters. The minimum absolute atomic E-state index is 0. The Bertz CT molecular complexity index is 826. The Morgan fingerprint density at radius 1 is 1.30 bits per heavy atom. The summed E-state index contributed by atoms with van der Waals surface area (Å²) in [7, 11) is -3.93. The van der Waals surface area contributed by atoms with Gasteiger partial charge in [-0.25, -0.2) is 18.1 Å². The topological polar surface area (TPSA) is 141 Å². The normalized spacial score (nSPS) is 10.7. The van der Waals surface area contributed by atoms with Crippen LogP contribution in [0.3, 0.4) is 0 Å². The van der Waals surface area contributed by atoms with Crippen molar-refractivity contribution in [2.75, 3.05) is 11.5 Å². The van der Waals surface area contributed by atoms with Crippen molar-refractivity contribution >= 4 is 57.3 Å². The van der Waals surface area contributed by atoms with Crippen LogP contribution in [0.25, 0.3) is 11.1 Å². The predicted molar refractivity (Wildman–Crippen MR) is 87.7 cm³/mol.